The number of rotatable bonds is 9. The largest absolute Gasteiger partial charge is 0.487 e. The van der Waals surface area contributed by atoms with Crippen LogP contribution in [0.4, 0.5) is 16.2 Å². The van der Waals surface area contributed by atoms with Crippen LogP contribution in [0, 0.1) is 5.92 Å². The molecule has 45 heavy (non-hydrogen) atoms. The molecule has 0 spiro atoms. The summed E-state index contributed by atoms with van der Waals surface area (Å²) in [6.07, 6.45) is -0.135. The Morgan fingerprint density at radius 2 is 1.82 bits per heavy atom. The van der Waals surface area contributed by atoms with Crippen LogP contribution in [0.3, 0.4) is 0 Å². The number of aliphatic hydroxyl groups is 1. The normalized spacial score (nSPS) is 19.6. The van der Waals surface area contributed by atoms with Crippen molar-refractivity contribution in [1.82, 2.24) is 14.7 Å². The number of ether oxygens (including phenoxy) is 2. The predicted octanol–water partition coefficient (Wildman–Crippen LogP) is 3.88. The lowest BCUT2D eigenvalue weighted by Crippen LogP contribution is -2.50. The van der Waals surface area contributed by atoms with E-state index in [1.54, 1.807) is 42.0 Å². The van der Waals surface area contributed by atoms with Crippen LogP contribution < -0.4 is 15.4 Å². The average Bonchev–Trinajstić information content (AvgIpc) is 3.05. The Labute approximate surface area is 264 Å². The van der Waals surface area contributed by atoms with E-state index in [2.05, 4.69) is 15.5 Å². The molecule has 2 aliphatic rings. The Morgan fingerprint density at radius 1 is 1.07 bits per heavy atom. The molecule has 0 unspecified atom stereocenters. The Balaban J connectivity index is 1.31. The first-order valence-corrected chi connectivity index (χ1v) is 15.6. The molecule has 0 aliphatic carbocycles. The highest BCUT2D eigenvalue weighted by atomic mass is 16.5. The molecule has 3 aromatic carbocycles. The number of carbonyl (C=O) groups is 3. The van der Waals surface area contributed by atoms with Crippen LogP contribution in [0.1, 0.15) is 30.6 Å². The molecule has 4 amide bonds. The molecule has 3 aromatic rings. The molecule has 0 bridgehead atoms. The topological polar surface area (TPSA) is 124 Å². The van der Waals surface area contributed by atoms with Crippen LogP contribution in [0.5, 0.6) is 5.75 Å². The molecular weight excluding hydrogens is 574 g/mol. The lowest BCUT2D eigenvalue weighted by Gasteiger charge is -2.38. The minimum atomic E-state index is -0.456. The van der Waals surface area contributed by atoms with Crippen molar-refractivity contribution < 1.29 is 29.0 Å². The lowest BCUT2D eigenvalue weighted by molar-refractivity contribution is -0.116. The van der Waals surface area contributed by atoms with E-state index < -0.39 is 12.1 Å². The summed E-state index contributed by atoms with van der Waals surface area (Å²) in [4.78, 5) is 45.3. The number of morpholine rings is 1. The molecule has 0 aromatic heterocycles. The van der Waals surface area contributed by atoms with E-state index in [-0.39, 0.29) is 36.9 Å². The maximum atomic E-state index is 13.8. The molecule has 1 fully saturated rings. The van der Waals surface area contributed by atoms with Crippen molar-refractivity contribution in [2.75, 3.05) is 70.2 Å². The molecule has 5 rings (SSSR count). The van der Waals surface area contributed by atoms with Crippen molar-refractivity contribution in [1.29, 1.82) is 0 Å². The molecule has 11 heteroatoms. The van der Waals surface area contributed by atoms with Crippen molar-refractivity contribution in [2.24, 2.45) is 5.92 Å². The summed E-state index contributed by atoms with van der Waals surface area (Å²) in [5, 5.41) is 17.9. The summed E-state index contributed by atoms with van der Waals surface area (Å²) in [5.41, 5.74) is 1.50. The van der Waals surface area contributed by atoms with Crippen molar-refractivity contribution >= 4 is 40.0 Å². The van der Waals surface area contributed by atoms with E-state index in [1.807, 2.05) is 49.4 Å². The number of anilines is 2. The van der Waals surface area contributed by atoms with Gasteiger partial charge in [0.1, 0.15) is 11.9 Å². The van der Waals surface area contributed by atoms with Crippen molar-refractivity contribution in [3.05, 3.63) is 66.2 Å². The Morgan fingerprint density at radius 3 is 2.60 bits per heavy atom. The summed E-state index contributed by atoms with van der Waals surface area (Å²) >= 11 is 0. The van der Waals surface area contributed by atoms with Gasteiger partial charge in [0, 0.05) is 56.6 Å². The minimum absolute atomic E-state index is 0.147. The Kier molecular flexibility index (Phi) is 10.5. The van der Waals surface area contributed by atoms with Crippen molar-refractivity contribution in [3.8, 4) is 5.75 Å². The number of hydrogen-bond donors (Lipinski definition) is 3. The van der Waals surface area contributed by atoms with Crippen molar-refractivity contribution in [3.63, 3.8) is 0 Å². The number of fused-ring (bicyclic) bond motifs is 2. The number of likely N-dealkylation sites (N-methyl/N-ethyl adjacent to an activating group) is 1. The second kappa shape index (κ2) is 14.7. The van der Waals surface area contributed by atoms with E-state index in [4.69, 9.17) is 9.47 Å². The van der Waals surface area contributed by atoms with Crippen LogP contribution in [-0.2, 0) is 9.53 Å². The Hall–Kier alpha value is -4.19. The van der Waals surface area contributed by atoms with E-state index in [1.165, 1.54) is 0 Å². The zero-order chi connectivity index (χ0) is 31.9. The molecule has 3 N–H and O–H groups in total. The van der Waals surface area contributed by atoms with Gasteiger partial charge in [0.05, 0.1) is 43.7 Å². The fourth-order valence-corrected chi connectivity index (χ4v) is 5.72. The van der Waals surface area contributed by atoms with E-state index in [0.29, 0.717) is 49.7 Å². The average molecular weight is 618 g/mol. The van der Waals surface area contributed by atoms with Gasteiger partial charge in [-0.2, -0.15) is 0 Å². The summed E-state index contributed by atoms with van der Waals surface area (Å²) < 4.78 is 11.8. The summed E-state index contributed by atoms with van der Waals surface area (Å²) in [7, 11) is 1.71. The fourth-order valence-electron chi connectivity index (χ4n) is 5.72. The van der Waals surface area contributed by atoms with Gasteiger partial charge < -0.3 is 35.0 Å². The lowest BCUT2D eigenvalue weighted by atomic mass is 9.99. The minimum Gasteiger partial charge on any atom is -0.487 e. The predicted molar refractivity (Wildman–Crippen MR) is 174 cm³/mol. The van der Waals surface area contributed by atoms with Gasteiger partial charge in [-0.05, 0) is 36.6 Å². The van der Waals surface area contributed by atoms with Gasteiger partial charge in [-0.1, -0.05) is 43.3 Å². The Bertz CT molecular complexity index is 1500. The quantitative estimate of drug-likeness (QED) is 0.333. The second-order valence-corrected chi connectivity index (χ2v) is 11.9. The maximum Gasteiger partial charge on any atom is 0.321 e. The zero-order valence-corrected chi connectivity index (χ0v) is 26.2. The van der Waals surface area contributed by atoms with Gasteiger partial charge >= 0.3 is 6.03 Å². The summed E-state index contributed by atoms with van der Waals surface area (Å²) in [6.45, 7) is 7.71. The number of aliphatic hydroxyl groups excluding tert-OH is 1. The number of benzene rings is 3. The summed E-state index contributed by atoms with van der Waals surface area (Å²) in [6, 6.07) is 18.0. The highest BCUT2D eigenvalue weighted by Crippen LogP contribution is 2.31. The van der Waals surface area contributed by atoms with E-state index >= 15 is 0 Å². The highest BCUT2D eigenvalue weighted by molar-refractivity contribution is 6.02. The molecule has 0 saturated carbocycles. The number of nitrogens with one attached hydrogen (secondary N) is 2. The smallest absolute Gasteiger partial charge is 0.321 e. The van der Waals surface area contributed by atoms with E-state index in [9.17, 15) is 19.5 Å². The number of urea groups is 1. The molecule has 2 aliphatic heterocycles. The first-order valence-electron chi connectivity index (χ1n) is 15.6. The molecule has 3 atom stereocenters. The van der Waals surface area contributed by atoms with Crippen LogP contribution >= 0.6 is 0 Å². The van der Waals surface area contributed by atoms with Crippen LogP contribution in [0.15, 0.2) is 60.7 Å². The van der Waals surface area contributed by atoms with Gasteiger partial charge in [0.2, 0.25) is 5.91 Å². The third kappa shape index (κ3) is 7.91. The maximum absolute atomic E-state index is 13.8. The van der Waals surface area contributed by atoms with Gasteiger partial charge in [0.15, 0.2) is 0 Å². The van der Waals surface area contributed by atoms with Crippen molar-refractivity contribution in [2.45, 2.75) is 32.4 Å². The first-order chi connectivity index (χ1) is 21.7. The number of amides is 4. The van der Waals surface area contributed by atoms with Gasteiger partial charge in [-0.3, -0.25) is 14.5 Å². The molecule has 2 heterocycles. The van der Waals surface area contributed by atoms with Gasteiger partial charge in [-0.25, -0.2) is 4.79 Å². The SMILES string of the molecule is C[C@@H]1CN([C@H](C)CO)C(=O)c2cc(NC(=O)CCN3CCOCC3)ccc2O[C@@H]1CN(C)C(=O)Nc1cccc2ccccc12. The van der Waals surface area contributed by atoms with Crippen LogP contribution in [-0.4, -0.2) is 109 Å². The molecule has 240 valence electrons. The second-order valence-electron chi connectivity index (χ2n) is 11.9. The number of nitrogens with zero attached hydrogens (tertiary/aromatic N) is 3. The number of carbonyl (C=O) groups excluding carboxylic acids is 3. The molecular formula is C34H43N5O6. The zero-order valence-electron chi connectivity index (χ0n) is 26.2. The first kappa shape index (κ1) is 32.2. The molecule has 11 nitrogen and oxygen atoms in total. The standard InChI is InChI=1S/C34H43N5O6/c1-23-20-39(24(2)22-40)33(42)28-19-26(35-32(41)13-14-38-15-17-44-18-16-38)11-12-30(28)45-31(23)21-37(3)34(43)36-29-10-6-8-25-7-4-5-9-27(25)29/h4-12,19,23-24,31,40H,13-18,20-22H2,1-3H3,(H,35,41)(H,36,43)/t23-,24-,31-/m1/s1. The van der Waals surface area contributed by atoms with Gasteiger partial charge in [-0.15, -0.1) is 0 Å². The van der Waals surface area contributed by atoms with Crippen LogP contribution in [0.2, 0.25) is 0 Å². The third-order valence-electron chi connectivity index (χ3n) is 8.54. The van der Waals surface area contributed by atoms with E-state index in [0.717, 1.165) is 29.5 Å². The highest BCUT2D eigenvalue weighted by Gasteiger charge is 2.34. The molecule has 1 saturated heterocycles. The van der Waals surface area contributed by atoms with Gasteiger partial charge in [0.25, 0.3) is 5.91 Å². The third-order valence-corrected chi connectivity index (χ3v) is 8.54. The monoisotopic (exact) mass is 617 g/mol. The van der Waals surface area contributed by atoms with Crippen LogP contribution in [0.25, 0.3) is 10.8 Å². The fraction of sp³-hybridized carbons (Fsp3) is 0.441. The number of hydrogen-bond acceptors (Lipinski definition) is 7. The summed E-state index contributed by atoms with van der Waals surface area (Å²) in [5.74, 6) is -0.237. The molecule has 0 radical (unpaired) electrons.